The maximum Gasteiger partial charge on any atom is 0.243 e. The van der Waals surface area contributed by atoms with Crippen molar-refractivity contribution < 1.29 is 8.42 Å². The summed E-state index contributed by atoms with van der Waals surface area (Å²) < 4.78 is 27.8. The lowest BCUT2D eigenvalue weighted by Gasteiger charge is -2.33. The van der Waals surface area contributed by atoms with Gasteiger partial charge in [0.1, 0.15) is 0 Å². The number of aryl methyl sites for hydroxylation is 1. The third-order valence-corrected chi connectivity index (χ3v) is 8.83. The predicted molar refractivity (Wildman–Crippen MR) is 133 cm³/mol. The second-order valence-corrected chi connectivity index (χ2v) is 12.0. The molecule has 1 aliphatic rings. The van der Waals surface area contributed by atoms with Gasteiger partial charge in [-0.2, -0.15) is 4.31 Å². The summed E-state index contributed by atoms with van der Waals surface area (Å²) in [5.41, 5.74) is 4.53. The zero-order valence-corrected chi connectivity index (χ0v) is 20.8. The summed E-state index contributed by atoms with van der Waals surface area (Å²) >= 11 is 1.62. The van der Waals surface area contributed by atoms with Crippen LogP contribution in [0.1, 0.15) is 38.8 Å². The zero-order valence-electron chi connectivity index (χ0n) is 19.2. The Kier molecular flexibility index (Phi) is 6.43. The van der Waals surface area contributed by atoms with E-state index < -0.39 is 10.0 Å². The molecule has 7 heteroatoms. The van der Waals surface area contributed by atoms with E-state index in [4.69, 9.17) is 4.98 Å². The zero-order chi connectivity index (χ0) is 22.9. The van der Waals surface area contributed by atoms with Gasteiger partial charge in [0.25, 0.3) is 0 Å². The number of sulfonamides is 1. The van der Waals surface area contributed by atoms with Gasteiger partial charge in [0, 0.05) is 37.1 Å². The number of anilines is 1. The van der Waals surface area contributed by atoms with Crippen molar-refractivity contribution in [2.24, 2.45) is 0 Å². The van der Waals surface area contributed by atoms with Crippen LogP contribution in [0.3, 0.4) is 0 Å². The van der Waals surface area contributed by atoms with Crippen molar-refractivity contribution in [3.8, 4) is 11.3 Å². The average molecular weight is 470 g/mol. The number of aromatic nitrogens is 1. The van der Waals surface area contributed by atoms with Crippen LogP contribution in [0.5, 0.6) is 0 Å². The maximum absolute atomic E-state index is 13.1. The van der Waals surface area contributed by atoms with Crippen molar-refractivity contribution in [3.05, 3.63) is 65.0 Å². The third kappa shape index (κ3) is 4.75. The summed E-state index contributed by atoms with van der Waals surface area (Å²) in [5, 5.41) is 3.03. The van der Waals surface area contributed by atoms with E-state index in [9.17, 15) is 8.42 Å². The molecule has 0 aliphatic carbocycles. The first-order chi connectivity index (χ1) is 15.2. The number of rotatable bonds is 5. The fourth-order valence-corrected chi connectivity index (χ4v) is 6.16. The molecule has 170 valence electrons. The van der Waals surface area contributed by atoms with Crippen molar-refractivity contribution in [2.45, 2.75) is 44.4 Å². The molecule has 0 bridgehead atoms. The average Bonchev–Trinajstić information content (AvgIpc) is 3.29. The fourth-order valence-electron chi connectivity index (χ4n) is 3.85. The van der Waals surface area contributed by atoms with Crippen LogP contribution >= 0.6 is 11.3 Å². The summed E-state index contributed by atoms with van der Waals surface area (Å²) in [6, 6.07) is 15.8. The Morgan fingerprint density at radius 2 is 1.56 bits per heavy atom. The molecule has 0 unspecified atom stereocenters. The molecule has 1 fully saturated rings. The number of hydrogen-bond donors (Lipinski definition) is 0. The molecule has 1 aromatic heterocycles. The number of benzene rings is 2. The van der Waals surface area contributed by atoms with Crippen LogP contribution in [0, 0.1) is 0 Å². The minimum Gasteiger partial charge on any atom is -0.345 e. The van der Waals surface area contributed by atoms with Gasteiger partial charge in [0.05, 0.1) is 10.6 Å². The van der Waals surface area contributed by atoms with E-state index in [0.717, 1.165) is 28.4 Å². The molecule has 0 N–H and O–H groups in total. The van der Waals surface area contributed by atoms with Gasteiger partial charge in [-0.25, -0.2) is 13.4 Å². The molecule has 3 aromatic rings. The Hall–Kier alpha value is -2.22. The first-order valence-electron chi connectivity index (χ1n) is 11.1. The van der Waals surface area contributed by atoms with Gasteiger partial charge in [-0.05, 0) is 35.1 Å². The molecule has 32 heavy (non-hydrogen) atoms. The summed E-state index contributed by atoms with van der Waals surface area (Å²) in [6.45, 7) is 10.7. The van der Waals surface area contributed by atoms with E-state index in [1.807, 2.05) is 12.1 Å². The third-order valence-electron chi connectivity index (χ3n) is 6.02. The maximum atomic E-state index is 13.1. The van der Waals surface area contributed by atoms with Gasteiger partial charge in [0.15, 0.2) is 5.13 Å². The molecule has 4 rings (SSSR count). The van der Waals surface area contributed by atoms with Crippen LogP contribution in [0.15, 0.2) is 58.8 Å². The first-order valence-corrected chi connectivity index (χ1v) is 13.4. The highest BCUT2D eigenvalue weighted by Gasteiger charge is 2.29. The lowest BCUT2D eigenvalue weighted by molar-refractivity contribution is 0.384. The summed E-state index contributed by atoms with van der Waals surface area (Å²) in [5.74, 6) is 0. The van der Waals surface area contributed by atoms with Crippen molar-refractivity contribution in [3.63, 3.8) is 0 Å². The first kappa shape index (κ1) is 23.0. The van der Waals surface area contributed by atoms with E-state index in [1.165, 1.54) is 5.56 Å². The molecule has 5 nitrogen and oxygen atoms in total. The SMILES string of the molecule is CCc1ccc(-c2csc(N3CCN(S(=O)(=O)c4ccc(C(C)(C)C)cc4)CC3)n2)cc1. The lowest BCUT2D eigenvalue weighted by atomic mass is 9.87. The lowest BCUT2D eigenvalue weighted by Crippen LogP contribution is -2.48. The second kappa shape index (κ2) is 8.96. The quantitative estimate of drug-likeness (QED) is 0.517. The van der Waals surface area contributed by atoms with Crippen molar-refractivity contribution in [1.29, 1.82) is 0 Å². The van der Waals surface area contributed by atoms with E-state index in [-0.39, 0.29) is 5.41 Å². The molecule has 0 radical (unpaired) electrons. The van der Waals surface area contributed by atoms with Crippen LogP contribution < -0.4 is 4.90 Å². The Morgan fingerprint density at radius 3 is 2.12 bits per heavy atom. The molecular weight excluding hydrogens is 438 g/mol. The van der Waals surface area contributed by atoms with Crippen LogP contribution in [0.2, 0.25) is 0 Å². The monoisotopic (exact) mass is 469 g/mol. The van der Waals surface area contributed by atoms with E-state index in [0.29, 0.717) is 31.1 Å². The topological polar surface area (TPSA) is 53.5 Å². The van der Waals surface area contributed by atoms with Crippen molar-refractivity contribution >= 4 is 26.5 Å². The van der Waals surface area contributed by atoms with Gasteiger partial charge in [-0.15, -0.1) is 11.3 Å². The van der Waals surface area contributed by atoms with Crippen LogP contribution in [-0.2, 0) is 21.9 Å². The van der Waals surface area contributed by atoms with Gasteiger partial charge in [-0.3, -0.25) is 0 Å². The highest BCUT2D eigenvalue weighted by molar-refractivity contribution is 7.89. The number of hydrogen-bond acceptors (Lipinski definition) is 5. The highest BCUT2D eigenvalue weighted by atomic mass is 32.2. The molecule has 0 saturated carbocycles. The minimum absolute atomic E-state index is 0.00147. The smallest absolute Gasteiger partial charge is 0.243 e. The van der Waals surface area contributed by atoms with Gasteiger partial charge in [-0.1, -0.05) is 64.1 Å². The molecule has 0 spiro atoms. The molecular formula is C25H31N3O2S2. The Bertz CT molecular complexity index is 1150. The van der Waals surface area contributed by atoms with E-state index in [2.05, 4.69) is 62.2 Å². The van der Waals surface area contributed by atoms with E-state index in [1.54, 1.807) is 27.8 Å². The predicted octanol–water partition coefficient (Wildman–Crippen LogP) is 5.18. The van der Waals surface area contributed by atoms with Gasteiger partial charge >= 0.3 is 0 Å². The van der Waals surface area contributed by atoms with Gasteiger partial charge < -0.3 is 4.90 Å². The normalized spacial score (nSPS) is 15.8. The highest BCUT2D eigenvalue weighted by Crippen LogP contribution is 2.30. The number of piperazine rings is 1. The molecule has 0 atom stereocenters. The summed E-state index contributed by atoms with van der Waals surface area (Å²) in [4.78, 5) is 7.36. The molecule has 1 aliphatic heterocycles. The summed E-state index contributed by atoms with van der Waals surface area (Å²) in [7, 11) is -3.48. The molecule has 2 aromatic carbocycles. The minimum atomic E-state index is -3.48. The largest absolute Gasteiger partial charge is 0.345 e. The summed E-state index contributed by atoms with van der Waals surface area (Å²) in [6.07, 6.45) is 1.02. The molecule has 2 heterocycles. The number of thiazole rings is 1. The Balaban J connectivity index is 1.42. The number of nitrogens with zero attached hydrogens (tertiary/aromatic N) is 3. The van der Waals surface area contributed by atoms with E-state index >= 15 is 0 Å². The fraction of sp³-hybridized carbons (Fsp3) is 0.400. The van der Waals surface area contributed by atoms with Crippen molar-refractivity contribution in [2.75, 3.05) is 31.1 Å². The molecule has 0 amide bonds. The van der Waals surface area contributed by atoms with Crippen LogP contribution in [0.4, 0.5) is 5.13 Å². The second-order valence-electron chi connectivity index (χ2n) is 9.23. The van der Waals surface area contributed by atoms with Gasteiger partial charge in [0.2, 0.25) is 10.0 Å². The van der Waals surface area contributed by atoms with Crippen LogP contribution in [-0.4, -0.2) is 43.9 Å². The van der Waals surface area contributed by atoms with Crippen LogP contribution in [0.25, 0.3) is 11.3 Å². The standard InChI is InChI=1S/C25H31N3O2S2/c1-5-19-6-8-20(9-7-19)23-18-31-24(26-23)27-14-16-28(17-15-27)32(29,30)22-12-10-21(11-13-22)25(2,3)4/h6-13,18H,5,14-17H2,1-4H3. The Labute approximate surface area is 195 Å². The molecule has 1 saturated heterocycles. The Morgan fingerprint density at radius 1 is 0.938 bits per heavy atom. The van der Waals surface area contributed by atoms with Crippen molar-refractivity contribution in [1.82, 2.24) is 9.29 Å².